The maximum Gasteiger partial charge on any atom is 0.269 e. The van der Waals surface area contributed by atoms with Gasteiger partial charge >= 0.3 is 0 Å². The maximum absolute atomic E-state index is 14.0. The predicted molar refractivity (Wildman–Crippen MR) is 51.6 cm³/mol. The van der Waals surface area contributed by atoms with Crippen LogP contribution in [0.25, 0.3) is 0 Å². The first-order valence-electron chi connectivity index (χ1n) is 6.44. The molecule has 2 fully saturated rings. The van der Waals surface area contributed by atoms with Crippen LogP contribution in [0.3, 0.4) is 0 Å². The second-order valence-corrected chi connectivity index (χ2v) is 4.84. The van der Waals surface area contributed by atoms with Crippen LogP contribution >= 0.6 is 0 Å². The molecule has 2 heterocycles. The Morgan fingerprint density at radius 2 is 1.86 bits per heavy atom. The Kier molecular flexibility index (Phi) is 1.47. The molecule has 14 heavy (non-hydrogen) atoms. The summed E-state index contributed by atoms with van der Waals surface area (Å²) in [6.45, 7) is 1.51. The zero-order valence-electron chi connectivity index (χ0n) is 11.6. The number of hydrogen-bond donors (Lipinski definition) is 0. The van der Waals surface area contributed by atoms with Crippen molar-refractivity contribution in [1.29, 1.82) is 0 Å². The summed E-state index contributed by atoms with van der Waals surface area (Å²) in [6.07, 6.45) is 0. The third-order valence-corrected chi connectivity index (χ3v) is 3.40. The molecule has 2 nitrogen and oxygen atoms in total. The van der Waals surface area contributed by atoms with Gasteiger partial charge in [-0.3, -0.25) is 4.90 Å². The molecule has 2 rings (SSSR count). The topological polar surface area (TPSA) is 6.48 Å². The summed E-state index contributed by atoms with van der Waals surface area (Å²) in [5, 5.41) is 0. The molecule has 0 radical (unpaired) electrons. The van der Waals surface area contributed by atoms with Gasteiger partial charge in [0.15, 0.2) is 0 Å². The third-order valence-electron chi connectivity index (χ3n) is 3.40. The molecule has 0 aromatic rings. The van der Waals surface area contributed by atoms with Crippen LogP contribution in [-0.2, 0) is 0 Å². The van der Waals surface area contributed by atoms with Crippen LogP contribution in [0.1, 0.15) is 18.0 Å². The van der Waals surface area contributed by atoms with Gasteiger partial charge in [0.1, 0.15) is 0 Å². The highest BCUT2D eigenvalue weighted by Crippen LogP contribution is 2.49. The van der Waals surface area contributed by atoms with E-state index in [1.165, 1.54) is 0 Å². The minimum Gasteiger partial charge on any atom is -0.305 e. The van der Waals surface area contributed by atoms with Crippen molar-refractivity contribution in [2.24, 2.45) is 5.41 Å². The summed E-state index contributed by atoms with van der Waals surface area (Å²) in [6, 6.07) is 0.0714. The van der Waals surface area contributed by atoms with Crippen molar-refractivity contribution in [1.82, 2.24) is 9.80 Å². The van der Waals surface area contributed by atoms with Gasteiger partial charge in [-0.25, -0.2) is 8.78 Å². The molecule has 0 aromatic carbocycles. The van der Waals surface area contributed by atoms with Gasteiger partial charge in [0, 0.05) is 29.8 Å². The van der Waals surface area contributed by atoms with Crippen LogP contribution in [0.4, 0.5) is 8.78 Å². The molecule has 2 saturated heterocycles. The van der Waals surface area contributed by atoms with Gasteiger partial charge in [0.25, 0.3) is 5.92 Å². The highest BCUT2D eigenvalue weighted by atomic mass is 19.3. The molecule has 0 aliphatic carbocycles. The van der Waals surface area contributed by atoms with Gasteiger partial charge in [-0.2, -0.15) is 0 Å². The number of halogens is 2. The number of hydrogen-bond acceptors (Lipinski definition) is 2. The van der Waals surface area contributed by atoms with E-state index in [4.69, 9.17) is 4.11 Å². The summed E-state index contributed by atoms with van der Waals surface area (Å²) < 4.78 is 49.5. The molecule has 0 bridgehead atoms. The quantitative estimate of drug-likeness (QED) is 0.639. The minimum absolute atomic E-state index is 0.0281. The van der Waals surface area contributed by atoms with Gasteiger partial charge in [0.05, 0.1) is 12.0 Å². The second kappa shape index (κ2) is 2.89. The van der Waals surface area contributed by atoms with Crippen molar-refractivity contribution in [2.75, 3.05) is 33.2 Å². The lowest BCUT2D eigenvalue weighted by Gasteiger charge is -2.48. The highest BCUT2D eigenvalue weighted by Gasteiger charge is 2.64. The fourth-order valence-electron chi connectivity index (χ4n) is 2.36. The predicted octanol–water partition coefficient (Wildman–Crippen LogP) is 1.28. The van der Waals surface area contributed by atoms with Crippen LogP contribution in [0.5, 0.6) is 0 Å². The molecule has 0 atom stereocenters. The van der Waals surface area contributed by atoms with Gasteiger partial charge in [-0.15, -0.1) is 0 Å². The molecule has 0 aromatic heterocycles. The molecule has 2 aliphatic heterocycles. The van der Waals surface area contributed by atoms with Crippen LogP contribution < -0.4 is 0 Å². The summed E-state index contributed by atoms with van der Waals surface area (Å²) in [5.74, 6) is -2.78. The highest BCUT2D eigenvalue weighted by molar-refractivity contribution is 5.10. The Morgan fingerprint density at radius 3 is 2.29 bits per heavy atom. The monoisotopic (exact) mass is 207 g/mol. The van der Waals surface area contributed by atoms with E-state index >= 15 is 0 Å². The number of nitrogens with zero attached hydrogens (tertiary/aromatic N) is 2. The minimum atomic E-state index is -2.78. The van der Waals surface area contributed by atoms with Crippen LogP contribution in [0, 0.1) is 5.41 Å². The van der Waals surface area contributed by atoms with E-state index in [1.54, 1.807) is 4.90 Å². The van der Waals surface area contributed by atoms with Crippen LogP contribution in [0.2, 0.25) is 0 Å². The molecule has 0 unspecified atom stereocenters. The fourth-order valence-corrected chi connectivity index (χ4v) is 2.36. The van der Waals surface area contributed by atoms with Crippen molar-refractivity contribution >= 4 is 0 Å². The molecule has 82 valence electrons. The van der Waals surface area contributed by atoms with Gasteiger partial charge in [-0.1, -0.05) is 0 Å². The average Bonchev–Trinajstić information content (AvgIpc) is 2.32. The Hall–Kier alpha value is -0.220. The van der Waals surface area contributed by atoms with Crippen molar-refractivity contribution in [3.05, 3.63) is 0 Å². The lowest BCUT2D eigenvalue weighted by Crippen LogP contribution is -2.63. The zero-order chi connectivity index (χ0) is 13.1. The SMILES string of the molecule is [2H]C([2H])([2H])N1CC2(CN(C(C)C)CC2(F)F)C1. The van der Waals surface area contributed by atoms with Gasteiger partial charge < -0.3 is 4.90 Å². The lowest BCUT2D eigenvalue weighted by atomic mass is 9.76. The van der Waals surface area contributed by atoms with Gasteiger partial charge in [-0.05, 0) is 20.8 Å². The van der Waals surface area contributed by atoms with Crippen LogP contribution in [0.15, 0.2) is 0 Å². The maximum atomic E-state index is 14.0. The van der Waals surface area contributed by atoms with Crippen molar-refractivity contribution in [3.63, 3.8) is 0 Å². The smallest absolute Gasteiger partial charge is 0.269 e. The number of likely N-dealkylation sites (tertiary alicyclic amines) is 2. The van der Waals surface area contributed by atoms with E-state index in [-0.39, 0.29) is 25.7 Å². The largest absolute Gasteiger partial charge is 0.305 e. The Labute approximate surface area is 88.1 Å². The van der Waals surface area contributed by atoms with Crippen molar-refractivity contribution in [2.45, 2.75) is 25.8 Å². The summed E-state index contributed by atoms with van der Waals surface area (Å²) in [4.78, 5) is 2.89. The molecular formula is C10H18F2N2. The first-order valence-corrected chi connectivity index (χ1v) is 4.94. The molecular weight excluding hydrogens is 186 g/mol. The van der Waals surface area contributed by atoms with E-state index in [1.807, 2.05) is 13.8 Å². The summed E-state index contributed by atoms with van der Waals surface area (Å²) in [5.41, 5.74) is -1.15. The standard InChI is InChI=1S/C10H18F2N2/c1-8(2)14-6-9(4-13(3)5-9)10(11,12)7-14/h8H,4-7H2,1-3H3/i3D3. The Bertz CT molecular complexity index is 311. The van der Waals surface area contributed by atoms with E-state index in [0.29, 0.717) is 6.54 Å². The molecule has 4 heteroatoms. The number of rotatable bonds is 1. The Morgan fingerprint density at radius 1 is 1.21 bits per heavy atom. The van der Waals surface area contributed by atoms with E-state index < -0.39 is 18.3 Å². The summed E-state index contributed by atoms with van der Waals surface area (Å²) >= 11 is 0. The van der Waals surface area contributed by atoms with Gasteiger partial charge in [0.2, 0.25) is 0 Å². The molecule has 0 saturated carbocycles. The Balaban J connectivity index is 2.09. The normalized spacial score (nSPS) is 35.4. The zero-order valence-corrected chi connectivity index (χ0v) is 8.56. The summed E-state index contributed by atoms with van der Waals surface area (Å²) in [7, 11) is 0. The van der Waals surface area contributed by atoms with E-state index in [9.17, 15) is 8.78 Å². The lowest BCUT2D eigenvalue weighted by molar-refractivity contribution is -0.149. The first kappa shape index (κ1) is 7.12. The third kappa shape index (κ3) is 1.27. The van der Waals surface area contributed by atoms with E-state index in [0.717, 1.165) is 4.90 Å². The average molecular weight is 207 g/mol. The molecule has 1 spiro atoms. The fraction of sp³-hybridized carbons (Fsp3) is 1.00. The van der Waals surface area contributed by atoms with E-state index in [2.05, 4.69) is 0 Å². The van der Waals surface area contributed by atoms with Crippen LogP contribution in [-0.4, -0.2) is 54.9 Å². The van der Waals surface area contributed by atoms with Crippen molar-refractivity contribution in [3.8, 4) is 0 Å². The second-order valence-electron chi connectivity index (χ2n) is 4.84. The number of alkyl halides is 2. The first-order chi connectivity index (χ1) is 7.57. The van der Waals surface area contributed by atoms with Crippen molar-refractivity contribution < 1.29 is 12.9 Å². The molecule has 0 amide bonds. The molecule has 2 aliphatic rings. The molecule has 0 N–H and O–H groups in total.